The fourth-order valence-corrected chi connectivity index (χ4v) is 1.02. The number of hydrogen-bond donors (Lipinski definition) is 1. The fourth-order valence-electron chi connectivity index (χ4n) is 1.02. The van der Waals surface area contributed by atoms with Crippen molar-refractivity contribution in [2.45, 2.75) is 19.3 Å². The molecule has 10 heavy (non-hydrogen) atoms. The quantitative estimate of drug-likeness (QED) is 0.457. The molecule has 0 saturated heterocycles. The van der Waals surface area contributed by atoms with Crippen LogP contribution in [0, 0.1) is 5.92 Å². The van der Waals surface area contributed by atoms with Crippen molar-refractivity contribution in [3.63, 3.8) is 0 Å². The van der Waals surface area contributed by atoms with Crippen LogP contribution < -0.4 is 0 Å². The summed E-state index contributed by atoms with van der Waals surface area (Å²) in [5.41, 5.74) is 0. The van der Waals surface area contributed by atoms with Gasteiger partial charge in [-0.3, -0.25) is 4.79 Å². The Morgan fingerprint density at radius 1 is 1.60 bits per heavy atom. The van der Waals surface area contributed by atoms with Gasteiger partial charge in [-0.05, 0) is 19.3 Å². The first-order chi connectivity index (χ1) is 4.30. The Labute approximate surface area is 90.3 Å². The van der Waals surface area contributed by atoms with Crippen LogP contribution in [0.2, 0.25) is 0 Å². The summed E-state index contributed by atoms with van der Waals surface area (Å²) in [5.74, 6) is -0.898. The Balaban J connectivity index is 0.000000810. The summed E-state index contributed by atoms with van der Waals surface area (Å²) in [6.45, 7) is 0. The third-order valence-corrected chi connectivity index (χ3v) is 1.57. The molecule has 0 fully saturated rings. The van der Waals surface area contributed by atoms with Gasteiger partial charge in [0, 0.05) is 0 Å². The van der Waals surface area contributed by atoms with Gasteiger partial charge in [-0.1, -0.05) is 12.2 Å². The molecule has 0 aromatic rings. The molecule has 0 heterocycles. The molecule has 1 unspecified atom stereocenters. The predicted octanol–water partition coefficient (Wildman–Crippen LogP) is 0.511. The molecule has 0 aromatic carbocycles. The number of rotatable bonds is 1. The molecule has 2 nitrogen and oxygen atoms in total. The van der Waals surface area contributed by atoms with Crippen LogP contribution in [0.4, 0.5) is 0 Å². The minimum absolute atomic E-state index is 0. The maximum absolute atomic E-state index is 10.3. The van der Waals surface area contributed by atoms with E-state index in [0.717, 1.165) is 19.3 Å². The Hall–Kier alpha value is 0.470. The summed E-state index contributed by atoms with van der Waals surface area (Å²) < 4.78 is 0. The van der Waals surface area contributed by atoms with Gasteiger partial charge < -0.3 is 5.11 Å². The van der Waals surface area contributed by atoms with Gasteiger partial charge >= 0.3 is 43.7 Å². The van der Waals surface area contributed by atoms with E-state index in [9.17, 15) is 4.79 Å². The summed E-state index contributed by atoms with van der Waals surface area (Å²) in [6.07, 6.45) is 6.61. The number of aliphatic carboxylic acids is 1. The molecule has 0 spiro atoms. The third kappa shape index (κ3) is 3.04. The van der Waals surface area contributed by atoms with Crippen LogP contribution in [-0.2, 0) is 4.79 Å². The van der Waals surface area contributed by atoms with E-state index in [1.807, 2.05) is 6.08 Å². The van der Waals surface area contributed by atoms with Crippen LogP contribution >= 0.6 is 0 Å². The van der Waals surface area contributed by atoms with Crippen LogP contribution in [0.15, 0.2) is 12.2 Å². The van der Waals surface area contributed by atoms with E-state index in [2.05, 4.69) is 0 Å². The summed E-state index contributed by atoms with van der Waals surface area (Å²) in [5, 5.41) is 8.49. The Morgan fingerprint density at radius 2 is 2.30 bits per heavy atom. The first-order valence-corrected chi connectivity index (χ1v) is 3.20. The molecule has 1 atom stereocenters. The van der Waals surface area contributed by atoms with E-state index in [1.54, 1.807) is 6.08 Å². The SMILES string of the molecule is O=C(O)C1C=CCCC1.[CaH2]. The van der Waals surface area contributed by atoms with Gasteiger partial charge in [-0.2, -0.15) is 0 Å². The topological polar surface area (TPSA) is 37.3 Å². The van der Waals surface area contributed by atoms with Gasteiger partial charge in [0.25, 0.3) is 0 Å². The summed E-state index contributed by atoms with van der Waals surface area (Å²) in [7, 11) is 0. The second-order valence-corrected chi connectivity index (χ2v) is 2.30. The molecule has 0 aliphatic heterocycles. The second kappa shape index (κ2) is 5.16. The first-order valence-electron chi connectivity index (χ1n) is 3.20. The number of carboxylic acids is 1. The number of allylic oxidation sites excluding steroid dienone is 1. The Kier molecular flexibility index (Phi) is 5.41. The fraction of sp³-hybridized carbons (Fsp3) is 0.571. The predicted molar refractivity (Wildman–Crippen MR) is 42.7 cm³/mol. The molecule has 54 valence electrons. The van der Waals surface area contributed by atoms with Crippen molar-refractivity contribution in [2.24, 2.45) is 5.92 Å². The van der Waals surface area contributed by atoms with E-state index in [-0.39, 0.29) is 43.7 Å². The zero-order valence-corrected chi connectivity index (χ0v) is 5.21. The summed E-state index contributed by atoms with van der Waals surface area (Å²) in [6, 6.07) is 0. The maximum atomic E-state index is 10.3. The van der Waals surface area contributed by atoms with Crippen LogP contribution in [0.1, 0.15) is 19.3 Å². The van der Waals surface area contributed by atoms with Gasteiger partial charge in [0.2, 0.25) is 0 Å². The van der Waals surface area contributed by atoms with E-state index in [1.165, 1.54) is 0 Å². The van der Waals surface area contributed by atoms with Crippen LogP contribution in [-0.4, -0.2) is 48.8 Å². The van der Waals surface area contributed by atoms with Gasteiger partial charge in [-0.15, -0.1) is 0 Å². The van der Waals surface area contributed by atoms with E-state index in [4.69, 9.17) is 5.11 Å². The molecule has 0 amide bonds. The second-order valence-electron chi connectivity index (χ2n) is 2.30. The van der Waals surface area contributed by atoms with Gasteiger partial charge in [0.05, 0.1) is 5.92 Å². The van der Waals surface area contributed by atoms with Crippen molar-refractivity contribution in [3.05, 3.63) is 12.2 Å². The van der Waals surface area contributed by atoms with Crippen LogP contribution in [0.3, 0.4) is 0 Å². The van der Waals surface area contributed by atoms with Crippen LogP contribution in [0.25, 0.3) is 0 Å². The van der Waals surface area contributed by atoms with E-state index in [0.29, 0.717) is 0 Å². The van der Waals surface area contributed by atoms with Crippen LogP contribution in [0.5, 0.6) is 0 Å². The molecule has 3 heteroatoms. The van der Waals surface area contributed by atoms with E-state index >= 15 is 0 Å². The monoisotopic (exact) mass is 168 g/mol. The summed E-state index contributed by atoms with van der Waals surface area (Å²) in [4.78, 5) is 10.3. The van der Waals surface area contributed by atoms with Crippen molar-refractivity contribution in [2.75, 3.05) is 0 Å². The molecule has 1 N–H and O–H groups in total. The molecule has 0 bridgehead atoms. The zero-order valence-electron chi connectivity index (χ0n) is 5.21. The zero-order chi connectivity index (χ0) is 6.69. The average Bonchev–Trinajstić information content (AvgIpc) is 1.90. The molecule has 0 saturated carbocycles. The number of carboxylic acid groups (broad SMARTS) is 1. The normalized spacial score (nSPS) is 23.4. The van der Waals surface area contributed by atoms with Crippen molar-refractivity contribution >= 4 is 43.7 Å². The van der Waals surface area contributed by atoms with Crippen molar-refractivity contribution in [1.29, 1.82) is 0 Å². The van der Waals surface area contributed by atoms with Crippen molar-refractivity contribution < 1.29 is 9.90 Å². The number of carbonyl (C=O) groups is 1. The molecule has 0 aromatic heterocycles. The van der Waals surface area contributed by atoms with Gasteiger partial charge in [-0.25, -0.2) is 0 Å². The average molecular weight is 168 g/mol. The first kappa shape index (κ1) is 10.5. The molecular formula is C7H12CaO2. The molecular weight excluding hydrogens is 156 g/mol. The van der Waals surface area contributed by atoms with E-state index < -0.39 is 5.97 Å². The van der Waals surface area contributed by atoms with Crippen molar-refractivity contribution in [3.8, 4) is 0 Å². The molecule has 0 radical (unpaired) electrons. The standard InChI is InChI=1S/C7H10O2.Ca.2H/c8-7(9)6-4-2-1-3-5-6;;;/h2,4,6H,1,3,5H2,(H,8,9);;;. The van der Waals surface area contributed by atoms with Gasteiger partial charge in [0.1, 0.15) is 0 Å². The minimum atomic E-state index is -0.689. The third-order valence-electron chi connectivity index (χ3n) is 1.57. The molecule has 1 rings (SSSR count). The number of hydrogen-bond acceptors (Lipinski definition) is 1. The molecule has 1 aliphatic rings. The Morgan fingerprint density at radius 3 is 2.60 bits per heavy atom. The van der Waals surface area contributed by atoms with Gasteiger partial charge in [0.15, 0.2) is 0 Å². The molecule has 1 aliphatic carbocycles. The summed E-state index contributed by atoms with van der Waals surface area (Å²) >= 11 is 0. The van der Waals surface area contributed by atoms with Crippen molar-refractivity contribution in [1.82, 2.24) is 0 Å². The Bertz CT molecular complexity index is 143.